The molecule has 1 amide bonds. The van der Waals surface area contributed by atoms with Gasteiger partial charge in [-0.05, 0) is 68.4 Å². The third kappa shape index (κ3) is 3.89. The first-order valence-electron chi connectivity index (χ1n) is 12.5. The van der Waals surface area contributed by atoms with E-state index in [1.807, 2.05) is 74.2 Å². The number of nitrogens with one attached hydrogen (secondary N) is 2. The van der Waals surface area contributed by atoms with Crippen LogP contribution in [0.2, 0.25) is 0 Å². The molecule has 3 aromatic carbocycles. The molecule has 0 radical (unpaired) electrons. The lowest BCUT2D eigenvalue weighted by Gasteiger charge is -2.56. The molecule has 0 spiro atoms. The van der Waals surface area contributed by atoms with E-state index < -0.39 is 17.7 Å². The van der Waals surface area contributed by atoms with Gasteiger partial charge in [0, 0.05) is 17.8 Å². The second-order valence-corrected chi connectivity index (χ2v) is 10.4. The first-order chi connectivity index (χ1) is 18.3. The van der Waals surface area contributed by atoms with E-state index in [1.165, 1.54) is 0 Å². The normalized spacial score (nSPS) is 22.7. The predicted molar refractivity (Wildman–Crippen MR) is 147 cm³/mol. The van der Waals surface area contributed by atoms with Gasteiger partial charge in [-0.1, -0.05) is 35.9 Å². The van der Waals surface area contributed by atoms with Gasteiger partial charge < -0.3 is 34.5 Å². The number of aryl methyl sites for hydroxylation is 2. The van der Waals surface area contributed by atoms with Crippen LogP contribution in [0.5, 0.6) is 23.0 Å². The number of fused-ring (bicyclic) bond motifs is 5. The molecule has 3 aliphatic rings. The second kappa shape index (κ2) is 9.09. The van der Waals surface area contributed by atoms with Crippen LogP contribution < -0.4 is 29.6 Å². The lowest BCUT2D eigenvalue weighted by atomic mass is 9.78. The van der Waals surface area contributed by atoms with E-state index in [2.05, 4.69) is 16.7 Å². The maximum Gasteiger partial charge on any atom is 0.236 e. The summed E-state index contributed by atoms with van der Waals surface area (Å²) in [5.41, 5.74) is 3.55. The van der Waals surface area contributed by atoms with E-state index in [4.69, 9.17) is 31.2 Å². The number of nitrogens with zero attached hydrogens (tertiary/aromatic N) is 1. The van der Waals surface area contributed by atoms with Crippen LogP contribution in [-0.2, 0) is 11.3 Å². The van der Waals surface area contributed by atoms with Crippen LogP contribution in [-0.4, -0.2) is 35.5 Å². The molecule has 38 heavy (non-hydrogen) atoms. The summed E-state index contributed by atoms with van der Waals surface area (Å²) in [6.07, 6.45) is 0. The molecule has 2 N–H and O–H groups in total. The monoisotopic (exact) mass is 531 g/mol. The van der Waals surface area contributed by atoms with Gasteiger partial charge in [0.2, 0.25) is 12.7 Å². The van der Waals surface area contributed by atoms with Gasteiger partial charge >= 0.3 is 0 Å². The Hall–Kier alpha value is -3.98. The SMILES string of the molecule is COc1cccc2c1OC1(C)C(C(=O)Nc3ccc(C)cc3C)C2NC(=S)N1Cc1ccc2c(c1)OCO2. The van der Waals surface area contributed by atoms with Gasteiger partial charge in [0.05, 0.1) is 13.2 Å². The summed E-state index contributed by atoms with van der Waals surface area (Å²) < 4.78 is 23.4. The van der Waals surface area contributed by atoms with Gasteiger partial charge in [0.25, 0.3) is 0 Å². The van der Waals surface area contributed by atoms with Crippen LogP contribution in [0.15, 0.2) is 54.6 Å². The summed E-state index contributed by atoms with van der Waals surface area (Å²) in [7, 11) is 1.61. The summed E-state index contributed by atoms with van der Waals surface area (Å²) in [6.45, 7) is 6.53. The molecule has 3 atom stereocenters. The van der Waals surface area contributed by atoms with Gasteiger partial charge in [-0.25, -0.2) is 0 Å². The van der Waals surface area contributed by atoms with Crippen LogP contribution in [0, 0.1) is 19.8 Å². The number of methoxy groups -OCH3 is 1. The zero-order valence-corrected chi connectivity index (χ0v) is 22.5. The Balaban J connectivity index is 1.42. The molecule has 1 fully saturated rings. The topological polar surface area (TPSA) is 81.3 Å². The highest BCUT2D eigenvalue weighted by Gasteiger charge is 2.59. The zero-order valence-electron chi connectivity index (χ0n) is 21.7. The number of carbonyl (C=O) groups excluding carboxylic acids is 1. The average molecular weight is 532 g/mol. The van der Waals surface area contributed by atoms with E-state index in [9.17, 15) is 4.79 Å². The Kier molecular flexibility index (Phi) is 5.83. The van der Waals surface area contributed by atoms with E-state index >= 15 is 0 Å². The molecular formula is C29H29N3O5S. The third-order valence-electron chi connectivity index (χ3n) is 7.54. The molecule has 0 aromatic heterocycles. The smallest absolute Gasteiger partial charge is 0.236 e. The molecule has 196 valence electrons. The van der Waals surface area contributed by atoms with Crippen molar-refractivity contribution in [3.05, 3.63) is 76.9 Å². The fourth-order valence-electron chi connectivity index (χ4n) is 5.61. The number of thiocarbonyl (C=S) groups is 1. The molecule has 3 unspecified atom stereocenters. The Morgan fingerprint density at radius 1 is 1.16 bits per heavy atom. The second-order valence-electron chi connectivity index (χ2n) is 10.0. The highest BCUT2D eigenvalue weighted by Crippen LogP contribution is 2.52. The van der Waals surface area contributed by atoms with Gasteiger partial charge in [0.1, 0.15) is 5.92 Å². The van der Waals surface area contributed by atoms with Gasteiger partial charge in [-0.2, -0.15) is 0 Å². The molecule has 3 aromatic rings. The molecular weight excluding hydrogens is 502 g/mol. The number of hydrogen-bond donors (Lipinski definition) is 2. The molecule has 3 heterocycles. The molecule has 3 aliphatic heterocycles. The molecule has 0 aliphatic carbocycles. The fourth-order valence-corrected chi connectivity index (χ4v) is 5.99. The van der Waals surface area contributed by atoms with Crippen molar-refractivity contribution in [2.45, 2.75) is 39.1 Å². The Labute approximate surface area is 226 Å². The van der Waals surface area contributed by atoms with Crippen molar-refractivity contribution in [2.75, 3.05) is 19.2 Å². The van der Waals surface area contributed by atoms with E-state index in [0.717, 1.165) is 27.9 Å². The summed E-state index contributed by atoms with van der Waals surface area (Å²) in [5.74, 6) is 1.79. The number of benzene rings is 3. The van der Waals surface area contributed by atoms with Crippen LogP contribution in [0.4, 0.5) is 5.69 Å². The van der Waals surface area contributed by atoms with Crippen molar-refractivity contribution >= 4 is 28.9 Å². The zero-order chi connectivity index (χ0) is 26.6. The molecule has 6 rings (SSSR count). The fraction of sp³-hybridized carbons (Fsp3) is 0.310. The van der Waals surface area contributed by atoms with E-state index in [1.54, 1.807) is 7.11 Å². The van der Waals surface area contributed by atoms with Gasteiger partial charge in [-0.3, -0.25) is 4.79 Å². The largest absolute Gasteiger partial charge is 0.493 e. The quantitative estimate of drug-likeness (QED) is 0.453. The summed E-state index contributed by atoms with van der Waals surface area (Å²) in [5, 5.41) is 7.10. The van der Waals surface area contributed by atoms with Crippen LogP contribution >= 0.6 is 12.2 Å². The van der Waals surface area contributed by atoms with Gasteiger partial charge in [-0.15, -0.1) is 0 Å². The first kappa shape index (κ1) is 24.4. The Bertz CT molecular complexity index is 1460. The van der Waals surface area contributed by atoms with Crippen molar-refractivity contribution in [1.29, 1.82) is 0 Å². The maximum atomic E-state index is 14.1. The number of ether oxygens (including phenoxy) is 4. The average Bonchev–Trinajstić information content (AvgIpc) is 3.35. The van der Waals surface area contributed by atoms with Crippen molar-refractivity contribution in [3.63, 3.8) is 0 Å². The standard InChI is InChI=1S/C29H29N3O5S/c1-16-8-10-20(17(2)12-16)30-27(33)24-25-19-6-5-7-22(34-4)26(19)37-29(24,3)32(28(38)31-25)14-18-9-11-21-23(13-18)36-15-35-21/h5-13,24-25H,14-15H2,1-4H3,(H,30,33)(H,31,38). The highest BCUT2D eigenvalue weighted by atomic mass is 32.1. The number of rotatable bonds is 5. The van der Waals surface area contributed by atoms with Crippen molar-refractivity contribution in [1.82, 2.24) is 10.2 Å². The first-order valence-corrected chi connectivity index (χ1v) is 12.9. The minimum atomic E-state index is -1.12. The van der Waals surface area contributed by atoms with Crippen LogP contribution in [0.3, 0.4) is 0 Å². The number of anilines is 1. The van der Waals surface area contributed by atoms with Crippen molar-refractivity contribution in [3.8, 4) is 23.0 Å². The van der Waals surface area contributed by atoms with Crippen LogP contribution in [0.25, 0.3) is 0 Å². The third-order valence-corrected chi connectivity index (χ3v) is 7.88. The number of amides is 1. The van der Waals surface area contributed by atoms with E-state index in [-0.39, 0.29) is 12.7 Å². The van der Waals surface area contributed by atoms with E-state index in [0.29, 0.717) is 34.7 Å². The molecule has 0 saturated carbocycles. The van der Waals surface area contributed by atoms with Gasteiger partial charge in [0.15, 0.2) is 33.8 Å². The molecule has 9 heteroatoms. The maximum absolute atomic E-state index is 14.1. The summed E-state index contributed by atoms with van der Waals surface area (Å²) in [6, 6.07) is 17.0. The Morgan fingerprint density at radius 2 is 1.97 bits per heavy atom. The molecule has 8 nitrogen and oxygen atoms in total. The van der Waals surface area contributed by atoms with Crippen molar-refractivity contribution in [2.24, 2.45) is 5.92 Å². The number of carbonyl (C=O) groups is 1. The number of hydrogen-bond acceptors (Lipinski definition) is 6. The minimum Gasteiger partial charge on any atom is -0.493 e. The number of para-hydroxylation sites is 1. The van der Waals surface area contributed by atoms with Crippen LogP contribution in [0.1, 0.15) is 35.2 Å². The minimum absolute atomic E-state index is 0.163. The summed E-state index contributed by atoms with van der Waals surface area (Å²) in [4.78, 5) is 16.0. The van der Waals surface area contributed by atoms with Crippen molar-refractivity contribution < 1.29 is 23.7 Å². The lowest BCUT2D eigenvalue weighted by Crippen LogP contribution is -2.71. The summed E-state index contributed by atoms with van der Waals surface area (Å²) >= 11 is 5.86. The lowest BCUT2D eigenvalue weighted by molar-refractivity contribution is -0.151. The molecule has 2 bridgehead atoms. The Morgan fingerprint density at radius 3 is 2.76 bits per heavy atom. The highest BCUT2D eigenvalue weighted by molar-refractivity contribution is 7.80. The predicted octanol–water partition coefficient (Wildman–Crippen LogP) is 4.84. The molecule has 1 saturated heterocycles.